The quantitative estimate of drug-likeness (QED) is 0.415. The summed E-state index contributed by atoms with van der Waals surface area (Å²) in [7, 11) is 3.63. The van der Waals surface area contributed by atoms with Gasteiger partial charge in [-0.2, -0.15) is 13.2 Å². The van der Waals surface area contributed by atoms with Crippen LogP contribution in [0.1, 0.15) is 25.7 Å². The number of anilines is 1. The lowest BCUT2D eigenvalue weighted by Gasteiger charge is -2.31. The fraction of sp³-hybridized carbons (Fsp3) is 0.478. The molecule has 12 heteroatoms. The lowest BCUT2D eigenvalue weighted by Crippen LogP contribution is -2.43. The van der Waals surface area contributed by atoms with Crippen molar-refractivity contribution < 1.29 is 22.7 Å². The number of hydrogen-bond donors (Lipinski definition) is 2. The number of alkyl halides is 4. The van der Waals surface area contributed by atoms with Gasteiger partial charge in [-0.05, 0) is 57.0 Å². The molecule has 0 spiro atoms. The van der Waals surface area contributed by atoms with Crippen LogP contribution in [0.4, 0.5) is 23.4 Å². The Labute approximate surface area is 198 Å². The molecule has 0 aliphatic heterocycles. The van der Waals surface area contributed by atoms with Crippen LogP contribution in [0, 0.1) is 0 Å². The van der Waals surface area contributed by atoms with E-state index in [2.05, 4.69) is 20.5 Å². The fourth-order valence-electron chi connectivity index (χ4n) is 4.50. The van der Waals surface area contributed by atoms with Gasteiger partial charge < -0.3 is 15.3 Å². The Morgan fingerprint density at radius 1 is 1.23 bits per heavy atom. The summed E-state index contributed by atoms with van der Waals surface area (Å²) in [5.41, 5.74) is -0.316. The fourth-order valence-corrected chi connectivity index (χ4v) is 4.50. The Kier molecular flexibility index (Phi) is 6.93. The molecule has 188 valence electrons. The molecule has 1 aliphatic rings. The van der Waals surface area contributed by atoms with Crippen molar-refractivity contribution >= 4 is 16.7 Å². The molecule has 0 saturated heterocycles. The molecule has 3 atom stereocenters. The summed E-state index contributed by atoms with van der Waals surface area (Å²) in [6.45, 7) is -1.48. The Morgan fingerprint density at radius 2 is 2.00 bits per heavy atom. The number of aromatic nitrogens is 4. The van der Waals surface area contributed by atoms with Crippen LogP contribution in [0.25, 0.3) is 22.2 Å². The van der Waals surface area contributed by atoms with E-state index >= 15 is 0 Å². The van der Waals surface area contributed by atoms with E-state index in [4.69, 9.17) is 0 Å². The number of phenolic OH excluding ortho intramolecular Hbond substituents is 1. The van der Waals surface area contributed by atoms with Gasteiger partial charge >= 0.3 is 6.18 Å². The van der Waals surface area contributed by atoms with Gasteiger partial charge in [-0.3, -0.25) is 9.36 Å². The van der Waals surface area contributed by atoms with Crippen LogP contribution in [-0.2, 0) is 6.54 Å². The van der Waals surface area contributed by atoms with Crippen molar-refractivity contribution in [3.8, 4) is 17.0 Å². The SMILES string of the molecule is CN[C@H]1CCC[C@@H](F)[C@@H](N(C)c2ccc(-c3cc4ncn(CC(F)(F)F)c(=O)c4cc3O)nn2)C1. The minimum atomic E-state index is -4.58. The molecule has 4 rings (SSSR count). The number of nitrogens with one attached hydrogen (secondary N) is 1. The van der Waals surface area contributed by atoms with Gasteiger partial charge in [0.25, 0.3) is 5.56 Å². The monoisotopic (exact) mass is 494 g/mol. The second-order valence-electron chi connectivity index (χ2n) is 8.80. The second-order valence-corrected chi connectivity index (χ2v) is 8.80. The van der Waals surface area contributed by atoms with Gasteiger partial charge in [0.2, 0.25) is 0 Å². The van der Waals surface area contributed by atoms with E-state index in [-0.39, 0.29) is 40.0 Å². The zero-order chi connectivity index (χ0) is 25.3. The molecular formula is C23H26F4N6O2. The van der Waals surface area contributed by atoms with E-state index < -0.39 is 24.5 Å². The van der Waals surface area contributed by atoms with Gasteiger partial charge in [0.1, 0.15) is 18.5 Å². The summed E-state index contributed by atoms with van der Waals surface area (Å²) in [6.07, 6.45) is -1.96. The van der Waals surface area contributed by atoms with E-state index in [1.807, 2.05) is 7.05 Å². The molecule has 0 bridgehead atoms. The van der Waals surface area contributed by atoms with E-state index in [1.165, 1.54) is 6.07 Å². The van der Waals surface area contributed by atoms with Crippen molar-refractivity contribution in [3.63, 3.8) is 0 Å². The zero-order valence-corrected chi connectivity index (χ0v) is 19.3. The largest absolute Gasteiger partial charge is 0.507 e. The zero-order valence-electron chi connectivity index (χ0n) is 19.3. The van der Waals surface area contributed by atoms with Crippen LogP contribution < -0.4 is 15.8 Å². The Balaban J connectivity index is 1.61. The van der Waals surface area contributed by atoms with Crippen LogP contribution in [0.2, 0.25) is 0 Å². The number of halogens is 4. The van der Waals surface area contributed by atoms with Gasteiger partial charge in [0, 0.05) is 18.7 Å². The van der Waals surface area contributed by atoms with E-state index in [9.17, 15) is 27.5 Å². The number of benzene rings is 1. The predicted molar refractivity (Wildman–Crippen MR) is 123 cm³/mol. The first-order valence-electron chi connectivity index (χ1n) is 11.2. The Bertz CT molecular complexity index is 1250. The maximum Gasteiger partial charge on any atom is 0.406 e. The third-order valence-corrected chi connectivity index (χ3v) is 6.46. The molecule has 2 heterocycles. The molecule has 3 aromatic rings. The summed E-state index contributed by atoms with van der Waals surface area (Å²) in [4.78, 5) is 18.1. The molecule has 0 unspecified atom stereocenters. The van der Waals surface area contributed by atoms with Gasteiger partial charge in [-0.15, -0.1) is 10.2 Å². The number of fused-ring (bicyclic) bond motifs is 1. The number of nitrogens with zero attached hydrogens (tertiary/aromatic N) is 5. The Morgan fingerprint density at radius 3 is 2.66 bits per heavy atom. The summed E-state index contributed by atoms with van der Waals surface area (Å²) >= 11 is 0. The van der Waals surface area contributed by atoms with Crippen LogP contribution in [0.5, 0.6) is 5.75 Å². The van der Waals surface area contributed by atoms with Gasteiger partial charge in [0.05, 0.1) is 29.0 Å². The topological polar surface area (TPSA) is 96.2 Å². The summed E-state index contributed by atoms with van der Waals surface area (Å²) < 4.78 is 53.3. The molecule has 2 N–H and O–H groups in total. The minimum absolute atomic E-state index is 0.112. The highest BCUT2D eigenvalue weighted by Gasteiger charge is 2.32. The molecule has 1 fully saturated rings. The average molecular weight is 494 g/mol. The van der Waals surface area contributed by atoms with Crippen LogP contribution in [-0.4, -0.2) is 63.4 Å². The molecule has 2 aromatic heterocycles. The van der Waals surface area contributed by atoms with Crippen LogP contribution in [0.3, 0.4) is 0 Å². The molecule has 1 aromatic carbocycles. The summed E-state index contributed by atoms with van der Waals surface area (Å²) in [6, 6.07) is 5.55. The normalized spacial score (nSPS) is 21.1. The maximum atomic E-state index is 14.8. The third-order valence-electron chi connectivity index (χ3n) is 6.46. The molecule has 35 heavy (non-hydrogen) atoms. The van der Waals surface area contributed by atoms with Gasteiger partial charge in [0.15, 0.2) is 5.82 Å². The van der Waals surface area contributed by atoms with Crippen molar-refractivity contribution in [2.45, 2.75) is 56.7 Å². The average Bonchev–Trinajstić information content (AvgIpc) is 3.01. The minimum Gasteiger partial charge on any atom is -0.507 e. The maximum absolute atomic E-state index is 14.8. The second kappa shape index (κ2) is 9.76. The third kappa shape index (κ3) is 5.37. The van der Waals surface area contributed by atoms with E-state index in [0.29, 0.717) is 23.2 Å². The highest BCUT2D eigenvalue weighted by atomic mass is 19.4. The first-order valence-corrected chi connectivity index (χ1v) is 11.2. The molecule has 8 nitrogen and oxygen atoms in total. The molecule has 0 radical (unpaired) electrons. The highest BCUT2D eigenvalue weighted by molar-refractivity contribution is 5.86. The van der Waals surface area contributed by atoms with Crippen molar-refractivity contribution in [2.75, 3.05) is 19.0 Å². The lowest BCUT2D eigenvalue weighted by molar-refractivity contribution is -0.141. The lowest BCUT2D eigenvalue weighted by atomic mass is 10.0. The van der Waals surface area contributed by atoms with E-state index in [1.54, 1.807) is 24.1 Å². The predicted octanol–water partition coefficient (Wildman–Crippen LogP) is 3.43. The highest BCUT2D eigenvalue weighted by Crippen LogP contribution is 2.32. The molecule has 0 amide bonds. The number of hydrogen-bond acceptors (Lipinski definition) is 7. The van der Waals surface area contributed by atoms with E-state index in [0.717, 1.165) is 25.2 Å². The van der Waals surface area contributed by atoms with Crippen LogP contribution in [0.15, 0.2) is 35.4 Å². The number of aromatic hydroxyl groups is 1. The summed E-state index contributed by atoms with van der Waals surface area (Å²) in [5, 5.41) is 21.9. The molecule has 1 aliphatic carbocycles. The van der Waals surface area contributed by atoms with Crippen LogP contribution >= 0.6 is 0 Å². The molecular weight excluding hydrogens is 468 g/mol. The first kappa shape index (κ1) is 24.8. The van der Waals surface area contributed by atoms with Gasteiger partial charge in [-0.25, -0.2) is 9.37 Å². The number of rotatable bonds is 5. The Hall–Kier alpha value is -3.28. The number of phenols is 1. The standard InChI is InChI=1S/C23H26F4N6O2/c1-28-13-4-3-5-16(24)19(8-13)32(2)21-7-6-17(30-31-21)14-9-18-15(10-20(14)34)22(35)33(12-29-18)11-23(25,26)27/h6-7,9-10,12-13,16,19,28,34H,3-5,8,11H2,1-2H3/t13-,16+,19-/m0/s1. The van der Waals surface area contributed by atoms with Crippen molar-refractivity contribution in [3.05, 3.63) is 40.9 Å². The first-order chi connectivity index (χ1) is 16.6. The molecule has 1 saturated carbocycles. The van der Waals surface area contributed by atoms with Crippen molar-refractivity contribution in [2.24, 2.45) is 0 Å². The summed E-state index contributed by atoms with van der Waals surface area (Å²) in [5.74, 6) is 0.118. The van der Waals surface area contributed by atoms with Gasteiger partial charge in [-0.1, -0.05) is 0 Å². The van der Waals surface area contributed by atoms with Crippen molar-refractivity contribution in [1.82, 2.24) is 25.1 Å². The smallest absolute Gasteiger partial charge is 0.406 e. The van der Waals surface area contributed by atoms with Crippen molar-refractivity contribution in [1.29, 1.82) is 0 Å².